The number of amides is 3. The van der Waals surface area contributed by atoms with Crippen molar-refractivity contribution in [3.8, 4) is 5.75 Å². The monoisotopic (exact) mass is 503 g/mol. The van der Waals surface area contributed by atoms with Crippen LogP contribution in [-0.4, -0.2) is 33.3 Å². The van der Waals surface area contributed by atoms with Crippen LogP contribution in [0.15, 0.2) is 85.1 Å². The molecule has 3 amide bonds. The van der Waals surface area contributed by atoms with Crippen LogP contribution in [0.25, 0.3) is 10.9 Å². The summed E-state index contributed by atoms with van der Waals surface area (Å²) in [6.07, 6.45) is 1.68. The van der Waals surface area contributed by atoms with Gasteiger partial charge in [-0.1, -0.05) is 49.2 Å². The van der Waals surface area contributed by atoms with Crippen LogP contribution in [0.4, 0.5) is 21.9 Å². The number of nitro benzene ring substituents is 1. The van der Waals surface area contributed by atoms with Crippen molar-refractivity contribution >= 4 is 52.7 Å². The molecule has 182 valence electrons. The fraction of sp³-hybridized carbons (Fsp3) is 0.0800. The number of rotatable bonds is 7. The van der Waals surface area contributed by atoms with Crippen molar-refractivity contribution in [3.63, 3.8) is 0 Å². The predicted octanol–water partition coefficient (Wildman–Crippen LogP) is 5.21. The molecule has 0 bridgehead atoms. The van der Waals surface area contributed by atoms with Gasteiger partial charge in [-0.2, -0.15) is 0 Å². The van der Waals surface area contributed by atoms with E-state index in [-0.39, 0.29) is 17.1 Å². The highest BCUT2D eigenvalue weighted by molar-refractivity contribution is 7.78. The topological polar surface area (TPSA) is 127 Å². The van der Waals surface area contributed by atoms with Crippen LogP contribution < -0.4 is 15.4 Å². The molecule has 0 aliphatic carbocycles. The fourth-order valence-corrected chi connectivity index (χ4v) is 3.89. The van der Waals surface area contributed by atoms with E-state index in [1.807, 2.05) is 6.07 Å². The van der Waals surface area contributed by atoms with E-state index >= 15 is 0 Å². The Balaban J connectivity index is 1.61. The molecular formula is C25H21N5O5S. The Morgan fingerprint density at radius 3 is 2.53 bits per heavy atom. The largest absolute Gasteiger partial charge is 0.495 e. The number of nitro groups is 1. The van der Waals surface area contributed by atoms with Gasteiger partial charge in [0.15, 0.2) is 0 Å². The Kier molecular flexibility index (Phi) is 7.31. The van der Waals surface area contributed by atoms with E-state index in [1.54, 1.807) is 60.8 Å². The summed E-state index contributed by atoms with van der Waals surface area (Å²) in [5, 5.41) is 17.4. The van der Waals surface area contributed by atoms with Gasteiger partial charge in [-0.05, 0) is 35.9 Å². The van der Waals surface area contributed by atoms with Crippen molar-refractivity contribution in [1.82, 2.24) is 9.29 Å². The molecule has 11 heteroatoms. The lowest BCUT2D eigenvalue weighted by Gasteiger charge is -2.27. The quantitative estimate of drug-likeness (QED) is 0.181. The number of hydrogen-bond acceptors (Lipinski definition) is 7. The number of methoxy groups -OCH3 is 1. The van der Waals surface area contributed by atoms with E-state index in [1.165, 1.54) is 25.3 Å². The molecule has 0 fully saturated rings. The Hall–Kier alpha value is -4.64. The Bertz CT molecular complexity index is 1430. The maximum atomic E-state index is 13.4. The minimum Gasteiger partial charge on any atom is -0.495 e. The molecule has 1 heterocycles. The number of anilines is 2. The number of carbonyl (C=O) groups is 2. The number of aromatic nitrogens is 1. The Morgan fingerprint density at radius 2 is 1.81 bits per heavy atom. The molecule has 36 heavy (non-hydrogen) atoms. The number of hydrogen-bond donors (Lipinski definition) is 3. The van der Waals surface area contributed by atoms with Crippen molar-refractivity contribution in [1.29, 1.82) is 0 Å². The smallest absolute Gasteiger partial charge is 0.332 e. The summed E-state index contributed by atoms with van der Waals surface area (Å²) in [7, 11) is 1.37. The molecule has 2 N–H and O–H groups in total. The lowest BCUT2D eigenvalue weighted by molar-refractivity contribution is -0.384. The summed E-state index contributed by atoms with van der Waals surface area (Å²) < 4.78 is 6.12. The maximum absolute atomic E-state index is 13.4. The first-order valence-electron chi connectivity index (χ1n) is 10.7. The summed E-state index contributed by atoms with van der Waals surface area (Å²) in [6.45, 7) is 0. The van der Waals surface area contributed by atoms with Gasteiger partial charge in [0.25, 0.3) is 11.6 Å². The Labute approximate surface area is 211 Å². The second-order valence-electron chi connectivity index (χ2n) is 7.63. The van der Waals surface area contributed by atoms with Crippen molar-refractivity contribution < 1.29 is 19.2 Å². The molecule has 10 nitrogen and oxygen atoms in total. The molecule has 0 saturated heterocycles. The van der Waals surface area contributed by atoms with Gasteiger partial charge in [0.2, 0.25) is 0 Å². The lowest BCUT2D eigenvalue weighted by atomic mass is 10.1. The van der Waals surface area contributed by atoms with Gasteiger partial charge in [0, 0.05) is 29.4 Å². The molecule has 0 aliphatic heterocycles. The van der Waals surface area contributed by atoms with Crippen molar-refractivity contribution in [2.45, 2.75) is 6.04 Å². The first-order valence-corrected chi connectivity index (χ1v) is 11.1. The standard InChI is InChI=1S/C25H21N5O5S/c1-35-22-12-10-19(30(33)34)15-21(22)28-25(32)29(36)23(16-6-3-2-4-7-16)24(31)27-18-9-11-20-17(14-18)8-5-13-26-20/h2-15,23,36H,1H3,(H,27,31)(H,28,32). The molecule has 1 unspecified atom stereocenters. The average Bonchev–Trinajstić information content (AvgIpc) is 2.89. The zero-order valence-corrected chi connectivity index (χ0v) is 19.9. The zero-order chi connectivity index (χ0) is 25.7. The van der Waals surface area contributed by atoms with Crippen LogP contribution in [0.5, 0.6) is 5.75 Å². The van der Waals surface area contributed by atoms with E-state index in [0.717, 1.165) is 15.2 Å². The van der Waals surface area contributed by atoms with E-state index in [0.29, 0.717) is 11.3 Å². The van der Waals surface area contributed by atoms with Crippen LogP contribution in [0.3, 0.4) is 0 Å². The summed E-state index contributed by atoms with van der Waals surface area (Å²) in [5.74, 6) is -0.304. The fourth-order valence-electron chi connectivity index (χ4n) is 3.60. The second kappa shape index (κ2) is 10.7. The normalized spacial score (nSPS) is 11.4. The number of urea groups is 1. The third-order valence-corrected chi connectivity index (χ3v) is 5.73. The third kappa shape index (κ3) is 5.36. The van der Waals surface area contributed by atoms with Gasteiger partial charge in [0.05, 0.1) is 23.2 Å². The van der Waals surface area contributed by atoms with E-state index in [9.17, 15) is 19.7 Å². The molecule has 0 radical (unpaired) electrons. The summed E-state index contributed by atoms with van der Waals surface area (Å²) >= 11 is 4.33. The minimum atomic E-state index is -1.14. The minimum absolute atomic E-state index is 0.0602. The predicted molar refractivity (Wildman–Crippen MR) is 139 cm³/mol. The number of non-ortho nitro benzene ring substituents is 1. The number of nitrogens with zero attached hydrogens (tertiary/aromatic N) is 3. The molecule has 1 atom stereocenters. The molecular weight excluding hydrogens is 482 g/mol. The Morgan fingerprint density at radius 1 is 1.03 bits per heavy atom. The van der Waals surface area contributed by atoms with Crippen molar-refractivity contribution in [3.05, 3.63) is 101 Å². The number of thiol groups is 1. The highest BCUT2D eigenvalue weighted by Crippen LogP contribution is 2.31. The molecule has 4 aromatic rings. The van der Waals surface area contributed by atoms with Gasteiger partial charge in [0.1, 0.15) is 11.8 Å². The molecule has 0 saturated carbocycles. The van der Waals surface area contributed by atoms with Crippen LogP contribution in [0.1, 0.15) is 11.6 Å². The lowest BCUT2D eigenvalue weighted by Crippen LogP contribution is -2.38. The van der Waals surface area contributed by atoms with Gasteiger partial charge < -0.3 is 15.4 Å². The van der Waals surface area contributed by atoms with Gasteiger partial charge in [-0.25, -0.2) is 4.79 Å². The SMILES string of the molecule is COc1ccc([N+](=O)[O-])cc1NC(=O)N(S)C(C(=O)Nc1ccc2ncccc2c1)c1ccccc1. The highest BCUT2D eigenvalue weighted by atomic mass is 32.1. The molecule has 0 spiro atoms. The van der Waals surface area contributed by atoms with E-state index < -0.39 is 22.9 Å². The molecule has 0 aliphatic rings. The van der Waals surface area contributed by atoms with E-state index in [2.05, 4.69) is 28.4 Å². The first-order chi connectivity index (χ1) is 17.4. The summed E-state index contributed by atoms with van der Waals surface area (Å²) in [4.78, 5) is 41.4. The van der Waals surface area contributed by atoms with Crippen LogP contribution in [0, 0.1) is 10.1 Å². The second-order valence-corrected chi connectivity index (χ2v) is 8.06. The van der Waals surface area contributed by atoms with Gasteiger partial charge in [-0.3, -0.25) is 24.2 Å². The van der Waals surface area contributed by atoms with E-state index in [4.69, 9.17) is 4.74 Å². The number of nitrogens with one attached hydrogen (secondary N) is 2. The first kappa shape index (κ1) is 24.5. The number of benzene rings is 3. The average molecular weight is 504 g/mol. The maximum Gasteiger partial charge on any atom is 0.332 e. The zero-order valence-electron chi connectivity index (χ0n) is 19.0. The van der Waals surface area contributed by atoms with Gasteiger partial charge in [-0.15, -0.1) is 0 Å². The third-order valence-electron chi connectivity index (χ3n) is 5.32. The number of fused-ring (bicyclic) bond motifs is 1. The molecule has 1 aromatic heterocycles. The van der Waals surface area contributed by atoms with Crippen LogP contribution in [-0.2, 0) is 4.79 Å². The highest BCUT2D eigenvalue weighted by Gasteiger charge is 2.30. The number of carbonyl (C=O) groups excluding carboxylic acids is 2. The summed E-state index contributed by atoms with van der Waals surface area (Å²) in [6, 6.07) is 19.4. The molecule has 3 aromatic carbocycles. The number of ether oxygens (including phenoxy) is 1. The van der Waals surface area contributed by atoms with Crippen LogP contribution >= 0.6 is 12.8 Å². The number of pyridine rings is 1. The van der Waals surface area contributed by atoms with Crippen LogP contribution in [0.2, 0.25) is 0 Å². The summed E-state index contributed by atoms with van der Waals surface area (Å²) in [5.41, 5.74) is 1.62. The van der Waals surface area contributed by atoms with Crippen molar-refractivity contribution in [2.24, 2.45) is 0 Å². The van der Waals surface area contributed by atoms with Gasteiger partial charge >= 0.3 is 6.03 Å². The molecule has 4 rings (SSSR count). The van der Waals surface area contributed by atoms with Crippen molar-refractivity contribution in [2.75, 3.05) is 17.7 Å².